The molecule has 0 heterocycles. The number of rotatable bonds is 4. The van der Waals surface area contributed by atoms with Gasteiger partial charge in [0.15, 0.2) is 0 Å². The molecule has 0 saturated heterocycles. The fraction of sp³-hybridized carbons (Fsp3) is 0.800. The first-order valence-electron chi connectivity index (χ1n) is 8.66. The fourth-order valence-corrected chi connectivity index (χ4v) is 5.70. The molecule has 0 aromatic rings. The third-order valence-electron chi connectivity index (χ3n) is 6.80. The summed E-state index contributed by atoms with van der Waals surface area (Å²) in [5.74, 6) is 1.11. The molecule has 2 unspecified atom stereocenters. The summed E-state index contributed by atoms with van der Waals surface area (Å²) in [6.45, 7) is 17.3. The zero-order valence-electron chi connectivity index (χ0n) is 14.5. The van der Waals surface area contributed by atoms with Crippen molar-refractivity contribution in [3.8, 4) is 0 Å². The van der Waals surface area contributed by atoms with Crippen LogP contribution in [-0.4, -0.2) is 10.7 Å². The summed E-state index contributed by atoms with van der Waals surface area (Å²) >= 11 is 0. The minimum atomic E-state index is -0.528. The molecule has 0 bridgehead atoms. The number of aliphatic hydroxyl groups is 1. The van der Waals surface area contributed by atoms with Crippen LogP contribution in [0.1, 0.15) is 72.6 Å². The van der Waals surface area contributed by atoms with Crippen molar-refractivity contribution in [2.75, 3.05) is 0 Å². The second-order valence-electron chi connectivity index (χ2n) is 8.75. The summed E-state index contributed by atoms with van der Waals surface area (Å²) < 4.78 is 0. The molecule has 0 amide bonds. The van der Waals surface area contributed by atoms with Gasteiger partial charge in [-0.05, 0) is 68.1 Å². The third-order valence-corrected chi connectivity index (χ3v) is 6.80. The van der Waals surface area contributed by atoms with Crippen molar-refractivity contribution in [2.45, 2.75) is 78.2 Å². The maximum atomic E-state index is 11.0. The van der Waals surface area contributed by atoms with Crippen LogP contribution in [0.25, 0.3) is 0 Å². The lowest BCUT2D eigenvalue weighted by Crippen LogP contribution is -2.57. The Morgan fingerprint density at radius 2 is 1.86 bits per heavy atom. The Balaban J connectivity index is 2.28. The number of hydrogen-bond acceptors (Lipinski definition) is 1. The lowest BCUT2D eigenvalue weighted by atomic mass is 9.45. The molecule has 2 saturated carbocycles. The lowest BCUT2D eigenvalue weighted by Gasteiger charge is -2.61. The van der Waals surface area contributed by atoms with Gasteiger partial charge in [0.05, 0.1) is 5.60 Å². The van der Waals surface area contributed by atoms with Crippen molar-refractivity contribution in [3.63, 3.8) is 0 Å². The van der Waals surface area contributed by atoms with E-state index in [0.29, 0.717) is 11.3 Å². The van der Waals surface area contributed by atoms with E-state index >= 15 is 0 Å². The van der Waals surface area contributed by atoms with Gasteiger partial charge in [-0.25, -0.2) is 0 Å². The van der Waals surface area contributed by atoms with E-state index in [1.807, 2.05) is 6.08 Å². The van der Waals surface area contributed by atoms with E-state index in [0.717, 1.165) is 30.8 Å². The van der Waals surface area contributed by atoms with Crippen molar-refractivity contribution in [1.82, 2.24) is 0 Å². The van der Waals surface area contributed by atoms with Crippen molar-refractivity contribution in [3.05, 3.63) is 24.8 Å². The Kier molecular flexibility index (Phi) is 4.46. The van der Waals surface area contributed by atoms with Crippen molar-refractivity contribution in [2.24, 2.45) is 22.7 Å². The minimum Gasteiger partial charge on any atom is -0.390 e. The van der Waals surface area contributed by atoms with Gasteiger partial charge in [-0.2, -0.15) is 0 Å². The summed E-state index contributed by atoms with van der Waals surface area (Å²) in [6, 6.07) is 0. The first-order valence-corrected chi connectivity index (χ1v) is 8.66. The smallest absolute Gasteiger partial charge is 0.0653 e. The van der Waals surface area contributed by atoms with E-state index in [9.17, 15) is 5.11 Å². The normalized spacial score (nSPS) is 42.1. The van der Waals surface area contributed by atoms with Gasteiger partial charge in [-0.3, -0.25) is 0 Å². The Labute approximate surface area is 131 Å². The highest BCUT2D eigenvalue weighted by Gasteiger charge is 2.57. The van der Waals surface area contributed by atoms with E-state index in [1.54, 1.807) is 0 Å². The van der Waals surface area contributed by atoms with E-state index in [2.05, 4.69) is 40.9 Å². The molecule has 0 aromatic heterocycles. The van der Waals surface area contributed by atoms with E-state index in [1.165, 1.54) is 25.7 Å². The third kappa shape index (κ3) is 2.99. The van der Waals surface area contributed by atoms with Crippen molar-refractivity contribution < 1.29 is 5.11 Å². The van der Waals surface area contributed by atoms with Crippen LogP contribution in [0.15, 0.2) is 24.8 Å². The maximum absolute atomic E-state index is 11.0. The average Bonchev–Trinajstić information content (AvgIpc) is 2.35. The highest BCUT2D eigenvalue weighted by molar-refractivity contribution is 5.13. The Morgan fingerprint density at radius 1 is 1.19 bits per heavy atom. The van der Waals surface area contributed by atoms with Crippen LogP contribution in [0.2, 0.25) is 0 Å². The van der Waals surface area contributed by atoms with Crippen molar-refractivity contribution >= 4 is 0 Å². The van der Waals surface area contributed by atoms with Gasteiger partial charge in [0.2, 0.25) is 0 Å². The first kappa shape index (κ1) is 16.8. The van der Waals surface area contributed by atoms with Gasteiger partial charge >= 0.3 is 0 Å². The highest BCUT2D eigenvalue weighted by atomic mass is 16.3. The van der Waals surface area contributed by atoms with Gasteiger partial charge < -0.3 is 5.11 Å². The molecule has 2 rings (SSSR count). The number of allylic oxidation sites excluding steroid dienone is 2. The molecule has 1 heteroatoms. The SMILES string of the molecule is C=CC(=C)CCC1[C@@]2(C)CCCC(C)(C)C2CC[C@@]1(C)O. The second-order valence-corrected chi connectivity index (χ2v) is 8.75. The maximum Gasteiger partial charge on any atom is 0.0653 e. The molecule has 0 radical (unpaired) electrons. The molecular formula is C20H34O. The zero-order chi connectivity index (χ0) is 15.9. The molecule has 0 spiro atoms. The molecule has 0 aromatic carbocycles. The molecule has 2 aliphatic rings. The molecule has 1 nitrogen and oxygen atoms in total. The Hall–Kier alpha value is -0.560. The van der Waals surface area contributed by atoms with E-state index in [4.69, 9.17) is 0 Å². The first-order chi connectivity index (χ1) is 9.63. The van der Waals surface area contributed by atoms with Crippen LogP contribution >= 0.6 is 0 Å². The molecule has 1 N–H and O–H groups in total. The Morgan fingerprint density at radius 3 is 2.48 bits per heavy atom. The highest BCUT2D eigenvalue weighted by Crippen LogP contribution is 2.62. The molecule has 4 atom stereocenters. The van der Waals surface area contributed by atoms with Crippen LogP contribution in [0.3, 0.4) is 0 Å². The van der Waals surface area contributed by atoms with Crippen molar-refractivity contribution in [1.29, 1.82) is 0 Å². The topological polar surface area (TPSA) is 20.2 Å². The fourth-order valence-electron chi connectivity index (χ4n) is 5.70. The van der Waals surface area contributed by atoms with Crippen LogP contribution in [0, 0.1) is 22.7 Å². The summed E-state index contributed by atoms with van der Waals surface area (Å²) in [4.78, 5) is 0. The zero-order valence-corrected chi connectivity index (χ0v) is 14.5. The van der Waals surface area contributed by atoms with Gasteiger partial charge in [0, 0.05) is 0 Å². The molecular weight excluding hydrogens is 256 g/mol. The van der Waals surface area contributed by atoms with Gasteiger partial charge in [0.1, 0.15) is 0 Å². The van der Waals surface area contributed by atoms with Gasteiger partial charge in [-0.1, -0.05) is 52.0 Å². The second kappa shape index (κ2) is 5.57. The summed E-state index contributed by atoms with van der Waals surface area (Å²) in [7, 11) is 0. The molecule has 2 aliphatic carbocycles. The van der Waals surface area contributed by atoms with Gasteiger partial charge in [-0.15, -0.1) is 0 Å². The molecule has 120 valence electrons. The van der Waals surface area contributed by atoms with Crippen LogP contribution in [0.4, 0.5) is 0 Å². The molecule has 2 fully saturated rings. The monoisotopic (exact) mass is 290 g/mol. The van der Waals surface area contributed by atoms with E-state index < -0.39 is 5.60 Å². The number of hydrogen-bond donors (Lipinski definition) is 1. The van der Waals surface area contributed by atoms with Crippen LogP contribution < -0.4 is 0 Å². The predicted molar refractivity (Wildman–Crippen MR) is 91.1 cm³/mol. The van der Waals surface area contributed by atoms with Gasteiger partial charge in [0.25, 0.3) is 0 Å². The quantitative estimate of drug-likeness (QED) is 0.678. The summed E-state index contributed by atoms with van der Waals surface area (Å²) in [5, 5.41) is 11.0. The molecule has 21 heavy (non-hydrogen) atoms. The molecule has 0 aliphatic heterocycles. The number of fused-ring (bicyclic) bond motifs is 1. The average molecular weight is 290 g/mol. The lowest BCUT2D eigenvalue weighted by molar-refractivity contribution is -0.168. The minimum absolute atomic E-state index is 0.269. The van der Waals surface area contributed by atoms with Crippen LogP contribution in [-0.2, 0) is 0 Å². The summed E-state index contributed by atoms with van der Waals surface area (Å²) in [6.07, 6.45) is 9.90. The van der Waals surface area contributed by atoms with Crippen LogP contribution in [0.5, 0.6) is 0 Å². The van der Waals surface area contributed by atoms with E-state index in [-0.39, 0.29) is 5.41 Å². The predicted octanol–water partition coefficient (Wildman–Crippen LogP) is 5.50. The summed E-state index contributed by atoms with van der Waals surface area (Å²) in [5.41, 5.74) is 1.26. The Bertz CT molecular complexity index is 418. The standard InChI is InChI=1S/C20H34O/c1-7-15(2)9-10-17-19(5)13-8-12-18(3,4)16(19)11-14-20(17,6)21/h7,16-17,21H,1-2,8-14H2,3-6H3/t16?,17?,19-,20+/m0/s1. The largest absolute Gasteiger partial charge is 0.390 e.